The van der Waals surface area contributed by atoms with Crippen molar-refractivity contribution < 1.29 is 9.53 Å². The highest BCUT2D eigenvalue weighted by atomic mass is 16.5. The summed E-state index contributed by atoms with van der Waals surface area (Å²) in [6.45, 7) is 5.40. The molecule has 1 rings (SSSR count). The van der Waals surface area contributed by atoms with Crippen LogP contribution in [0.2, 0.25) is 0 Å². The second kappa shape index (κ2) is 5.18. The van der Waals surface area contributed by atoms with Gasteiger partial charge in [0.2, 0.25) is 0 Å². The van der Waals surface area contributed by atoms with E-state index in [-0.39, 0.29) is 5.92 Å². The topological polar surface area (TPSA) is 26.3 Å². The highest BCUT2D eigenvalue weighted by Crippen LogP contribution is 2.19. The Labute approximate surface area is 80.0 Å². The summed E-state index contributed by atoms with van der Waals surface area (Å²) < 4.78 is 5.29. The van der Waals surface area contributed by atoms with E-state index >= 15 is 0 Å². The van der Waals surface area contributed by atoms with E-state index in [1.54, 1.807) is 0 Å². The SMILES string of the molecule is CC=C(CC)C(=O)C1CCCOC1. The predicted octanol–water partition coefficient (Wildman–Crippen LogP) is 2.34. The fourth-order valence-corrected chi connectivity index (χ4v) is 1.73. The summed E-state index contributed by atoms with van der Waals surface area (Å²) in [6.07, 6.45) is 4.79. The lowest BCUT2D eigenvalue weighted by molar-refractivity contribution is -0.123. The molecule has 1 aliphatic rings. The highest BCUT2D eigenvalue weighted by Gasteiger charge is 2.23. The smallest absolute Gasteiger partial charge is 0.163 e. The van der Waals surface area contributed by atoms with E-state index in [0.717, 1.165) is 31.4 Å². The Kier molecular flexibility index (Phi) is 4.16. The monoisotopic (exact) mass is 182 g/mol. The Morgan fingerprint density at radius 2 is 2.38 bits per heavy atom. The molecule has 13 heavy (non-hydrogen) atoms. The molecule has 0 amide bonds. The molecule has 0 spiro atoms. The van der Waals surface area contributed by atoms with Crippen molar-refractivity contribution in [1.29, 1.82) is 0 Å². The molecular formula is C11H18O2. The fourth-order valence-electron chi connectivity index (χ4n) is 1.73. The molecular weight excluding hydrogens is 164 g/mol. The minimum absolute atomic E-state index is 0.125. The Morgan fingerprint density at radius 1 is 1.62 bits per heavy atom. The minimum atomic E-state index is 0.125. The highest BCUT2D eigenvalue weighted by molar-refractivity contribution is 5.97. The van der Waals surface area contributed by atoms with Crippen LogP contribution < -0.4 is 0 Å². The zero-order valence-corrected chi connectivity index (χ0v) is 8.51. The summed E-state index contributed by atoms with van der Waals surface area (Å²) in [5, 5.41) is 0. The number of rotatable bonds is 3. The standard InChI is InChI=1S/C11H18O2/c1-3-9(4-2)11(12)10-6-5-7-13-8-10/h3,10H,4-8H2,1-2H3. The van der Waals surface area contributed by atoms with Crippen molar-refractivity contribution in [1.82, 2.24) is 0 Å². The number of ether oxygens (including phenoxy) is 1. The zero-order valence-electron chi connectivity index (χ0n) is 8.51. The first kappa shape index (κ1) is 10.5. The normalized spacial score (nSPS) is 24.5. The van der Waals surface area contributed by atoms with Crippen LogP contribution in [0.5, 0.6) is 0 Å². The van der Waals surface area contributed by atoms with Crippen LogP contribution in [-0.2, 0) is 9.53 Å². The summed E-state index contributed by atoms with van der Waals surface area (Å²) in [4.78, 5) is 11.8. The van der Waals surface area contributed by atoms with Gasteiger partial charge in [0, 0.05) is 12.5 Å². The zero-order chi connectivity index (χ0) is 9.68. The lowest BCUT2D eigenvalue weighted by Gasteiger charge is -2.21. The first-order valence-corrected chi connectivity index (χ1v) is 5.06. The lowest BCUT2D eigenvalue weighted by Crippen LogP contribution is -2.26. The van der Waals surface area contributed by atoms with Crippen molar-refractivity contribution in [3.05, 3.63) is 11.6 Å². The van der Waals surface area contributed by atoms with Crippen LogP contribution in [0.25, 0.3) is 0 Å². The quantitative estimate of drug-likeness (QED) is 0.626. The number of ketones is 1. The maximum atomic E-state index is 11.8. The lowest BCUT2D eigenvalue weighted by atomic mass is 9.91. The predicted molar refractivity (Wildman–Crippen MR) is 52.6 cm³/mol. The first-order chi connectivity index (χ1) is 6.29. The van der Waals surface area contributed by atoms with Crippen LogP contribution in [0, 0.1) is 5.92 Å². The molecule has 0 aromatic rings. The van der Waals surface area contributed by atoms with E-state index in [0.29, 0.717) is 12.4 Å². The Balaban J connectivity index is 2.54. The van der Waals surface area contributed by atoms with Gasteiger partial charge in [0.05, 0.1) is 6.61 Å². The number of allylic oxidation sites excluding steroid dienone is 2. The van der Waals surface area contributed by atoms with Crippen LogP contribution in [0.4, 0.5) is 0 Å². The molecule has 1 aliphatic heterocycles. The maximum absolute atomic E-state index is 11.8. The summed E-state index contributed by atoms with van der Waals surface area (Å²) >= 11 is 0. The third kappa shape index (κ3) is 2.66. The van der Waals surface area contributed by atoms with Crippen molar-refractivity contribution >= 4 is 5.78 Å². The van der Waals surface area contributed by atoms with Crippen molar-refractivity contribution in [2.75, 3.05) is 13.2 Å². The average Bonchev–Trinajstić information content (AvgIpc) is 2.21. The van der Waals surface area contributed by atoms with Crippen LogP contribution in [-0.4, -0.2) is 19.0 Å². The van der Waals surface area contributed by atoms with E-state index in [1.165, 1.54) is 0 Å². The van der Waals surface area contributed by atoms with Crippen LogP contribution in [0.3, 0.4) is 0 Å². The molecule has 1 heterocycles. The molecule has 0 aromatic heterocycles. The molecule has 74 valence electrons. The van der Waals surface area contributed by atoms with Gasteiger partial charge in [-0.3, -0.25) is 4.79 Å². The van der Waals surface area contributed by atoms with Gasteiger partial charge < -0.3 is 4.74 Å². The third-order valence-corrected chi connectivity index (χ3v) is 2.58. The molecule has 0 aromatic carbocycles. The summed E-state index contributed by atoms with van der Waals surface area (Å²) in [5.41, 5.74) is 0.954. The average molecular weight is 182 g/mol. The minimum Gasteiger partial charge on any atom is -0.381 e. The van der Waals surface area contributed by atoms with Gasteiger partial charge >= 0.3 is 0 Å². The van der Waals surface area contributed by atoms with Crippen molar-refractivity contribution in [2.45, 2.75) is 33.1 Å². The second-order valence-corrected chi connectivity index (χ2v) is 3.45. The number of hydrogen-bond acceptors (Lipinski definition) is 2. The molecule has 2 heteroatoms. The van der Waals surface area contributed by atoms with Crippen LogP contribution >= 0.6 is 0 Å². The molecule has 1 saturated heterocycles. The molecule has 0 radical (unpaired) electrons. The maximum Gasteiger partial charge on any atom is 0.163 e. The number of carbonyl (C=O) groups is 1. The molecule has 2 nitrogen and oxygen atoms in total. The molecule has 0 bridgehead atoms. The first-order valence-electron chi connectivity index (χ1n) is 5.06. The largest absolute Gasteiger partial charge is 0.381 e. The molecule has 1 atom stereocenters. The Bertz CT molecular complexity index is 200. The summed E-state index contributed by atoms with van der Waals surface area (Å²) in [7, 11) is 0. The van der Waals surface area contributed by atoms with Gasteiger partial charge in [-0.15, -0.1) is 0 Å². The number of hydrogen-bond donors (Lipinski definition) is 0. The summed E-state index contributed by atoms with van der Waals surface area (Å²) in [5.74, 6) is 0.421. The van der Waals surface area contributed by atoms with Gasteiger partial charge in [-0.25, -0.2) is 0 Å². The number of Topliss-reactive ketones (excluding diaryl/α,β-unsaturated/α-hetero) is 1. The molecule has 1 unspecified atom stereocenters. The van der Waals surface area contributed by atoms with E-state index in [4.69, 9.17) is 4.74 Å². The second-order valence-electron chi connectivity index (χ2n) is 3.45. The Hall–Kier alpha value is -0.630. The van der Waals surface area contributed by atoms with Gasteiger partial charge in [-0.05, 0) is 31.8 Å². The molecule has 1 fully saturated rings. The van der Waals surface area contributed by atoms with E-state index in [9.17, 15) is 4.79 Å². The fraction of sp³-hybridized carbons (Fsp3) is 0.727. The molecule has 0 N–H and O–H groups in total. The Morgan fingerprint density at radius 3 is 2.85 bits per heavy atom. The molecule has 0 aliphatic carbocycles. The van der Waals surface area contributed by atoms with Gasteiger partial charge in [0.15, 0.2) is 5.78 Å². The van der Waals surface area contributed by atoms with E-state index < -0.39 is 0 Å². The van der Waals surface area contributed by atoms with E-state index in [2.05, 4.69) is 0 Å². The van der Waals surface area contributed by atoms with Crippen LogP contribution in [0.15, 0.2) is 11.6 Å². The van der Waals surface area contributed by atoms with E-state index in [1.807, 2.05) is 19.9 Å². The van der Waals surface area contributed by atoms with Crippen molar-refractivity contribution in [3.8, 4) is 0 Å². The molecule has 0 saturated carbocycles. The third-order valence-electron chi connectivity index (χ3n) is 2.58. The van der Waals surface area contributed by atoms with Crippen molar-refractivity contribution in [2.24, 2.45) is 5.92 Å². The summed E-state index contributed by atoms with van der Waals surface area (Å²) in [6, 6.07) is 0. The van der Waals surface area contributed by atoms with Gasteiger partial charge in [0.25, 0.3) is 0 Å². The van der Waals surface area contributed by atoms with Crippen molar-refractivity contribution in [3.63, 3.8) is 0 Å². The van der Waals surface area contributed by atoms with Gasteiger partial charge in [-0.1, -0.05) is 13.0 Å². The van der Waals surface area contributed by atoms with Crippen LogP contribution in [0.1, 0.15) is 33.1 Å². The van der Waals surface area contributed by atoms with Gasteiger partial charge in [-0.2, -0.15) is 0 Å². The number of carbonyl (C=O) groups excluding carboxylic acids is 1. The van der Waals surface area contributed by atoms with Gasteiger partial charge in [0.1, 0.15) is 0 Å².